The van der Waals surface area contributed by atoms with Crippen molar-refractivity contribution < 1.29 is 9.47 Å². The van der Waals surface area contributed by atoms with Crippen molar-refractivity contribution in [2.45, 2.75) is 0 Å². The molecule has 0 atom stereocenters. The van der Waals surface area contributed by atoms with Gasteiger partial charge in [0.1, 0.15) is 24.7 Å². The average molecular weight is 380 g/mol. The first-order valence-corrected chi connectivity index (χ1v) is 9.79. The minimum Gasteiger partial charge on any atom is -0.491 e. The van der Waals surface area contributed by atoms with Crippen LogP contribution in [0, 0.1) is 0 Å². The largest absolute Gasteiger partial charge is 0.491 e. The molecular formula is C25H20N2O2. The van der Waals surface area contributed by atoms with Crippen LogP contribution in [-0.4, -0.2) is 32.3 Å². The Morgan fingerprint density at radius 3 is 1.59 bits per heavy atom. The van der Waals surface area contributed by atoms with Crippen LogP contribution in [0.5, 0.6) is 11.5 Å². The van der Waals surface area contributed by atoms with Gasteiger partial charge >= 0.3 is 0 Å². The molecule has 4 heteroatoms. The first kappa shape index (κ1) is 17.5. The second-order valence-electron chi connectivity index (χ2n) is 6.88. The first-order valence-electron chi connectivity index (χ1n) is 9.79. The maximum absolute atomic E-state index is 6.18. The Labute approximate surface area is 169 Å². The highest BCUT2D eigenvalue weighted by atomic mass is 16.5. The molecule has 0 saturated carbocycles. The summed E-state index contributed by atoms with van der Waals surface area (Å²) in [6.07, 6.45) is 0. The zero-order valence-electron chi connectivity index (χ0n) is 16.0. The summed E-state index contributed by atoms with van der Waals surface area (Å²) in [5.41, 5.74) is 2.11. The Bertz CT molecular complexity index is 1160. The Kier molecular flexibility index (Phi) is 4.69. The molecule has 142 valence electrons. The van der Waals surface area contributed by atoms with E-state index in [1.807, 2.05) is 12.1 Å². The molecule has 1 heterocycles. The summed E-state index contributed by atoms with van der Waals surface area (Å²) in [5, 5.41) is 4.61. The zero-order chi connectivity index (χ0) is 19.5. The Balaban J connectivity index is 1.85. The van der Waals surface area contributed by atoms with E-state index in [1.54, 1.807) is 0 Å². The fourth-order valence-corrected chi connectivity index (χ4v) is 3.81. The number of ether oxygens (including phenoxy) is 2. The molecule has 0 amide bonds. The van der Waals surface area contributed by atoms with Crippen LogP contribution >= 0.6 is 0 Å². The van der Waals surface area contributed by atoms with Crippen LogP contribution in [0.25, 0.3) is 32.7 Å². The number of hydrogen-bond donors (Lipinski definition) is 0. The molecule has 4 nitrogen and oxygen atoms in total. The second kappa shape index (κ2) is 7.78. The van der Waals surface area contributed by atoms with Gasteiger partial charge in [0, 0.05) is 11.1 Å². The van der Waals surface area contributed by atoms with Crippen molar-refractivity contribution in [1.82, 2.24) is 0 Å². The minimum absolute atomic E-state index is 0.467. The van der Waals surface area contributed by atoms with Gasteiger partial charge in [0.15, 0.2) is 0 Å². The molecule has 29 heavy (non-hydrogen) atoms. The van der Waals surface area contributed by atoms with Crippen molar-refractivity contribution in [3.8, 4) is 22.6 Å². The topological polar surface area (TPSA) is 43.2 Å². The van der Waals surface area contributed by atoms with Crippen molar-refractivity contribution in [3.63, 3.8) is 0 Å². The fraction of sp³-hybridized carbons (Fsp3) is 0.160. The van der Waals surface area contributed by atoms with E-state index in [1.165, 1.54) is 10.8 Å². The van der Waals surface area contributed by atoms with E-state index >= 15 is 0 Å². The van der Waals surface area contributed by atoms with Gasteiger partial charge in [0.2, 0.25) is 0 Å². The van der Waals surface area contributed by atoms with E-state index in [2.05, 4.69) is 76.7 Å². The van der Waals surface area contributed by atoms with Gasteiger partial charge < -0.3 is 9.47 Å². The molecule has 0 unspecified atom stereocenters. The third kappa shape index (κ3) is 3.35. The van der Waals surface area contributed by atoms with Crippen LogP contribution in [-0.2, 0) is 0 Å². The highest BCUT2D eigenvalue weighted by Gasteiger charge is 2.19. The van der Waals surface area contributed by atoms with Crippen molar-refractivity contribution >= 4 is 27.6 Å². The molecule has 0 aliphatic carbocycles. The molecule has 0 bridgehead atoms. The summed E-state index contributed by atoms with van der Waals surface area (Å²) >= 11 is 0. The molecule has 5 rings (SSSR count). The maximum Gasteiger partial charge on any atom is 0.128 e. The lowest BCUT2D eigenvalue weighted by atomic mass is 9.92. The standard InChI is InChI=1S/C25H20N2O2/c1-3-7-20-18(5-1)9-11-22-24(20)25-21-8-4-2-6-19(21)10-12-23(25)29-16-14-27-17-26-13-15-28-22/h1-12H,13-16H2. The summed E-state index contributed by atoms with van der Waals surface area (Å²) in [6, 6.07) is 27.8. The molecule has 1 aliphatic heterocycles. The van der Waals surface area contributed by atoms with Gasteiger partial charge in [-0.15, -0.1) is 0 Å². The summed E-state index contributed by atoms with van der Waals surface area (Å²) in [4.78, 5) is 8.34. The smallest absolute Gasteiger partial charge is 0.128 e. The average Bonchev–Trinajstić information content (AvgIpc) is 2.79. The normalized spacial score (nSPS) is 14.1. The molecule has 0 N–H and O–H groups in total. The van der Waals surface area contributed by atoms with Crippen LogP contribution in [0.15, 0.2) is 82.8 Å². The summed E-state index contributed by atoms with van der Waals surface area (Å²) < 4.78 is 12.4. The highest BCUT2D eigenvalue weighted by Crippen LogP contribution is 2.45. The number of fused-ring (bicyclic) bond motifs is 7. The number of nitrogens with zero attached hydrogens (tertiary/aromatic N) is 2. The predicted octanol–water partition coefficient (Wildman–Crippen LogP) is 5.61. The Morgan fingerprint density at radius 1 is 0.586 bits per heavy atom. The number of aliphatic imine (C=N–C) groups is 2. The van der Waals surface area contributed by atoms with Gasteiger partial charge in [0.05, 0.1) is 19.1 Å². The van der Waals surface area contributed by atoms with Gasteiger partial charge in [-0.3, -0.25) is 0 Å². The van der Waals surface area contributed by atoms with Crippen molar-refractivity contribution in [2.75, 3.05) is 26.3 Å². The van der Waals surface area contributed by atoms with E-state index in [4.69, 9.17) is 9.47 Å². The lowest BCUT2D eigenvalue weighted by molar-refractivity contribution is 0.327. The first-order chi connectivity index (χ1) is 14.4. The lowest BCUT2D eigenvalue weighted by Gasteiger charge is -2.19. The maximum atomic E-state index is 6.18. The number of hydrogen-bond acceptors (Lipinski definition) is 4. The van der Waals surface area contributed by atoms with E-state index in [-0.39, 0.29) is 0 Å². The second-order valence-corrected chi connectivity index (χ2v) is 6.88. The van der Waals surface area contributed by atoms with Crippen LogP contribution in [0.2, 0.25) is 0 Å². The lowest BCUT2D eigenvalue weighted by Crippen LogP contribution is -2.04. The molecule has 0 aromatic heterocycles. The predicted molar refractivity (Wildman–Crippen MR) is 117 cm³/mol. The van der Waals surface area contributed by atoms with E-state index < -0.39 is 0 Å². The molecular weight excluding hydrogens is 360 g/mol. The minimum atomic E-state index is 0.467. The number of rotatable bonds is 0. The van der Waals surface area contributed by atoms with Gasteiger partial charge in [-0.1, -0.05) is 60.7 Å². The fourth-order valence-electron chi connectivity index (χ4n) is 3.81. The van der Waals surface area contributed by atoms with Crippen molar-refractivity contribution in [1.29, 1.82) is 0 Å². The summed E-state index contributed by atoms with van der Waals surface area (Å²) in [6.45, 7) is 1.96. The van der Waals surface area contributed by atoms with E-state index in [0.717, 1.165) is 33.4 Å². The van der Waals surface area contributed by atoms with Gasteiger partial charge in [-0.25, -0.2) is 9.98 Å². The third-order valence-corrected chi connectivity index (χ3v) is 5.09. The van der Waals surface area contributed by atoms with Gasteiger partial charge in [0.25, 0.3) is 0 Å². The summed E-state index contributed by atoms with van der Waals surface area (Å²) in [7, 11) is 0. The van der Waals surface area contributed by atoms with Gasteiger partial charge in [-0.2, -0.15) is 0 Å². The third-order valence-electron chi connectivity index (χ3n) is 5.09. The zero-order valence-corrected chi connectivity index (χ0v) is 16.0. The Morgan fingerprint density at radius 2 is 1.07 bits per heavy atom. The monoisotopic (exact) mass is 380 g/mol. The van der Waals surface area contributed by atoms with Crippen LogP contribution < -0.4 is 9.47 Å². The van der Waals surface area contributed by atoms with Crippen molar-refractivity contribution in [3.05, 3.63) is 72.8 Å². The molecule has 0 saturated heterocycles. The van der Waals surface area contributed by atoms with E-state index in [0.29, 0.717) is 26.3 Å². The van der Waals surface area contributed by atoms with E-state index in [9.17, 15) is 0 Å². The molecule has 0 spiro atoms. The molecule has 1 aliphatic rings. The number of benzene rings is 4. The van der Waals surface area contributed by atoms with Crippen molar-refractivity contribution in [2.24, 2.45) is 9.98 Å². The Hall–Kier alpha value is -3.62. The molecule has 0 fully saturated rings. The van der Waals surface area contributed by atoms with Crippen LogP contribution in [0.1, 0.15) is 0 Å². The van der Waals surface area contributed by atoms with Gasteiger partial charge in [-0.05, 0) is 33.7 Å². The summed E-state index contributed by atoms with van der Waals surface area (Å²) in [5.74, 6) is 1.66. The van der Waals surface area contributed by atoms with Crippen LogP contribution in [0.4, 0.5) is 0 Å². The molecule has 4 aromatic rings. The quantitative estimate of drug-likeness (QED) is 0.398. The molecule has 4 aromatic carbocycles. The van der Waals surface area contributed by atoms with Crippen LogP contribution in [0.3, 0.4) is 0 Å². The SMILES string of the molecule is C1=NCCOc2ccc3ccccc3c2-c2c(ccc3ccccc23)OCCN=1. The highest BCUT2D eigenvalue weighted by molar-refractivity contribution is 6.09. The molecule has 0 radical (unpaired) electrons.